The first-order chi connectivity index (χ1) is 19.4. The van der Waals surface area contributed by atoms with E-state index in [2.05, 4.69) is 66.4 Å². The van der Waals surface area contributed by atoms with Crippen LogP contribution in [-0.4, -0.2) is 46.5 Å². The summed E-state index contributed by atoms with van der Waals surface area (Å²) in [6.07, 6.45) is 11.0. The van der Waals surface area contributed by atoms with Crippen LogP contribution in [0.2, 0.25) is 36.3 Å². The van der Waals surface area contributed by atoms with Gasteiger partial charge in [-0.15, -0.1) is 5.73 Å². The molecule has 2 rings (SSSR count). The molecule has 3 atom stereocenters. The SMILES string of the molecule is CC[Si](CC)(CC)O[C@@H]1CC=C(CC[C@@H](COc2ccccc2)O[Si](C)(C)C(C)(C)C)[C@@H]1CCC=C=CCC(=O)O. The molecule has 0 radical (unpaired) electrons. The predicted molar refractivity (Wildman–Crippen MR) is 176 cm³/mol. The van der Waals surface area contributed by atoms with E-state index in [9.17, 15) is 4.79 Å². The van der Waals surface area contributed by atoms with Crippen molar-refractivity contribution in [2.75, 3.05) is 6.61 Å². The lowest BCUT2D eigenvalue weighted by atomic mass is 9.90. The first-order valence-electron chi connectivity index (χ1n) is 15.7. The fourth-order valence-corrected chi connectivity index (χ4v) is 9.59. The number of carboxylic acid groups (broad SMARTS) is 1. The third kappa shape index (κ3) is 11.4. The number of benzene rings is 1. The van der Waals surface area contributed by atoms with Gasteiger partial charge in [-0.2, -0.15) is 0 Å². The molecule has 1 aromatic carbocycles. The van der Waals surface area contributed by atoms with Crippen LogP contribution in [0.5, 0.6) is 5.75 Å². The Balaban J connectivity index is 2.19. The molecule has 0 saturated carbocycles. The van der Waals surface area contributed by atoms with Crippen molar-refractivity contribution >= 4 is 22.6 Å². The third-order valence-corrected chi connectivity index (χ3v) is 18.4. The van der Waals surface area contributed by atoms with Crippen molar-refractivity contribution in [1.82, 2.24) is 0 Å². The Hall–Kier alpha value is -1.90. The molecule has 5 nitrogen and oxygen atoms in total. The summed E-state index contributed by atoms with van der Waals surface area (Å²) in [5.41, 5.74) is 4.54. The van der Waals surface area contributed by atoms with E-state index in [1.807, 2.05) is 36.4 Å². The Bertz CT molecular complexity index is 1010. The van der Waals surface area contributed by atoms with E-state index in [1.54, 1.807) is 6.08 Å². The second kappa shape index (κ2) is 16.7. The zero-order valence-electron chi connectivity index (χ0n) is 27.0. The quantitative estimate of drug-likeness (QED) is 0.103. The number of para-hydroxylation sites is 1. The van der Waals surface area contributed by atoms with Gasteiger partial charge in [0, 0.05) is 5.92 Å². The van der Waals surface area contributed by atoms with Gasteiger partial charge in [-0.1, -0.05) is 71.4 Å². The predicted octanol–water partition coefficient (Wildman–Crippen LogP) is 9.54. The van der Waals surface area contributed by atoms with Crippen LogP contribution in [0.3, 0.4) is 0 Å². The van der Waals surface area contributed by atoms with Gasteiger partial charge in [-0.3, -0.25) is 4.79 Å². The highest BCUT2D eigenvalue weighted by molar-refractivity contribution is 6.74. The highest BCUT2D eigenvalue weighted by Gasteiger charge is 2.40. The third-order valence-electron chi connectivity index (χ3n) is 9.21. The van der Waals surface area contributed by atoms with Crippen molar-refractivity contribution in [2.45, 2.75) is 129 Å². The van der Waals surface area contributed by atoms with Crippen LogP contribution in [0.15, 0.2) is 59.9 Å². The number of carboxylic acids is 1. The van der Waals surface area contributed by atoms with Crippen LogP contribution < -0.4 is 4.74 Å². The van der Waals surface area contributed by atoms with Crippen LogP contribution in [0, 0.1) is 5.92 Å². The lowest BCUT2D eigenvalue weighted by Crippen LogP contribution is -2.45. The first-order valence-corrected chi connectivity index (χ1v) is 21.1. The van der Waals surface area contributed by atoms with Gasteiger partial charge >= 0.3 is 5.97 Å². The highest BCUT2D eigenvalue weighted by Crippen LogP contribution is 2.41. The molecule has 0 saturated heterocycles. The van der Waals surface area contributed by atoms with Gasteiger partial charge in [0.2, 0.25) is 0 Å². The highest BCUT2D eigenvalue weighted by atomic mass is 28.4. The van der Waals surface area contributed by atoms with E-state index < -0.39 is 22.6 Å². The second-order valence-electron chi connectivity index (χ2n) is 12.9. The number of aliphatic carboxylic acids is 1. The molecule has 41 heavy (non-hydrogen) atoms. The van der Waals surface area contributed by atoms with Gasteiger partial charge < -0.3 is 18.7 Å². The summed E-state index contributed by atoms with van der Waals surface area (Å²) in [7, 11) is -3.72. The number of hydrogen-bond donors (Lipinski definition) is 1. The minimum atomic E-state index is -1.98. The van der Waals surface area contributed by atoms with Crippen molar-refractivity contribution in [1.29, 1.82) is 0 Å². The molecule has 0 bridgehead atoms. The zero-order valence-corrected chi connectivity index (χ0v) is 29.0. The zero-order chi connectivity index (χ0) is 30.5. The Labute approximate surface area is 252 Å². The minimum absolute atomic E-state index is 0.00903. The number of rotatable bonds is 18. The minimum Gasteiger partial charge on any atom is -0.491 e. The molecule has 230 valence electrons. The Morgan fingerprint density at radius 2 is 1.76 bits per heavy atom. The maximum atomic E-state index is 10.8. The summed E-state index contributed by atoms with van der Waals surface area (Å²) in [6.45, 7) is 18.9. The van der Waals surface area contributed by atoms with Gasteiger partial charge in [0.05, 0.1) is 18.6 Å². The normalized spacial score (nSPS) is 18.4. The van der Waals surface area contributed by atoms with Crippen LogP contribution >= 0.6 is 0 Å². The molecular formula is C34H56O5Si2. The first kappa shape index (κ1) is 35.3. The molecule has 0 amide bonds. The van der Waals surface area contributed by atoms with E-state index >= 15 is 0 Å². The number of carbonyl (C=O) groups is 1. The summed E-state index contributed by atoms with van der Waals surface area (Å²) in [5.74, 6) is 0.421. The van der Waals surface area contributed by atoms with Gasteiger partial charge in [-0.05, 0) is 92.7 Å². The van der Waals surface area contributed by atoms with E-state index in [0.29, 0.717) is 12.5 Å². The van der Waals surface area contributed by atoms with Crippen LogP contribution in [0.1, 0.15) is 80.1 Å². The summed E-state index contributed by atoms with van der Waals surface area (Å²) in [5, 5.41) is 9.02. The van der Waals surface area contributed by atoms with Crippen molar-refractivity contribution in [3.63, 3.8) is 0 Å². The van der Waals surface area contributed by atoms with Gasteiger partial charge in [-0.25, -0.2) is 0 Å². The topological polar surface area (TPSA) is 65.0 Å². The molecule has 0 unspecified atom stereocenters. The molecule has 0 spiro atoms. The molecule has 1 aliphatic rings. The molecule has 0 aromatic heterocycles. The molecule has 7 heteroatoms. The summed E-state index contributed by atoms with van der Waals surface area (Å²) in [6, 6.07) is 13.5. The smallest absolute Gasteiger partial charge is 0.307 e. The average Bonchev–Trinajstić information content (AvgIpc) is 3.31. The van der Waals surface area contributed by atoms with Crippen molar-refractivity contribution in [3.8, 4) is 5.75 Å². The maximum absolute atomic E-state index is 10.8. The Morgan fingerprint density at radius 3 is 2.34 bits per heavy atom. The van der Waals surface area contributed by atoms with Gasteiger partial charge in [0.1, 0.15) is 12.4 Å². The summed E-state index contributed by atoms with van der Waals surface area (Å²) >= 11 is 0. The van der Waals surface area contributed by atoms with Crippen LogP contribution in [0.25, 0.3) is 0 Å². The largest absolute Gasteiger partial charge is 0.491 e. The fraction of sp³-hybridized carbons (Fsp3) is 0.647. The van der Waals surface area contributed by atoms with E-state index in [0.717, 1.165) is 56.0 Å². The molecule has 1 aliphatic carbocycles. The Morgan fingerprint density at radius 1 is 1.10 bits per heavy atom. The number of ether oxygens (including phenoxy) is 1. The van der Waals surface area contributed by atoms with E-state index in [4.69, 9.17) is 18.7 Å². The lowest BCUT2D eigenvalue weighted by molar-refractivity contribution is -0.136. The van der Waals surface area contributed by atoms with Crippen LogP contribution in [0.4, 0.5) is 0 Å². The van der Waals surface area contributed by atoms with Gasteiger partial charge in [0.15, 0.2) is 16.6 Å². The average molecular weight is 601 g/mol. The maximum Gasteiger partial charge on any atom is 0.307 e. The fourth-order valence-electron chi connectivity index (χ4n) is 5.31. The molecular weight excluding hydrogens is 545 g/mol. The van der Waals surface area contributed by atoms with Crippen LogP contribution in [-0.2, 0) is 13.6 Å². The molecule has 1 N–H and O–H groups in total. The van der Waals surface area contributed by atoms with Crippen molar-refractivity contribution in [3.05, 3.63) is 59.9 Å². The second-order valence-corrected chi connectivity index (χ2v) is 22.4. The monoisotopic (exact) mass is 600 g/mol. The van der Waals surface area contributed by atoms with E-state index in [1.165, 1.54) is 5.57 Å². The van der Waals surface area contributed by atoms with Crippen molar-refractivity contribution in [2.24, 2.45) is 5.92 Å². The van der Waals surface area contributed by atoms with E-state index in [-0.39, 0.29) is 23.7 Å². The Kier molecular flexibility index (Phi) is 14.3. The standard InChI is InChI=1S/C34H56O5Si2/c1-9-41(10-2,11-3)39-32-26-24-28(31(32)21-17-12-13-18-22-33(35)36)23-25-30(38-40(7,8)34(4,5)6)27-37-29-19-15-14-16-20-29/h12,14-16,18-20,24,30-32H,9-11,17,21-23,25-27H2,1-8H3,(H,35,36)/t13?,30-,31-,32+/m0/s1. The lowest BCUT2D eigenvalue weighted by Gasteiger charge is -2.39. The summed E-state index contributed by atoms with van der Waals surface area (Å²) < 4.78 is 20.2. The number of hydrogen-bond acceptors (Lipinski definition) is 4. The van der Waals surface area contributed by atoms with Crippen molar-refractivity contribution < 1.29 is 23.5 Å². The van der Waals surface area contributed by atoms with Gasteiger partial charge in [0.25, 0.3) is 0 Å². The molecule has 0 heterocycles. The molecule has 0 aliphatic heterocycles. The molecule has 1 aromatic rings. The summed E-state index contributed by atoms with van der Waals surface area (Å²) in [4.78, 5) is 10.8. The molecule has 0 fully saturated rings.